The second kappa shape index (κ2) is 15.1. The van der Waals surface area contributed by atoms with Crippen LogP contribution in [0, 0.1) is 10.1 Å². The predicted molar refractivity (Wildman–Crippen MR) is 143 cm³/mol. The van der Waals surface area contributed by atoms with Crippen LogP contribution in [0.2, 0.25) is 0 Å². The topological polar surface area (TPSA) is 254 Å². The number of carboxylic acids is 2. The van der Waals surface area contributed by atoms with Gasteiger partial charge in [-0.3, -0.25) is 43.7 Å². The van der Waals surface area contributed by atoms with E-state index in [2.05, 4.69) is 21.3 Å². The normalized spacial score (nSPS) is 16.3. The Hall–Kier alpha value is -5.09. The maximum absolute atomic E-state index is 13.1. The Morgan fingerprint density at radius 2 is 1.57 bits per heavy atom. The number of carboxylic acid groups (broad SMARTS) is 2. The van der Waals surface area contributed by atoms with Crippen molar-refractivity contribution in [3.63, 3.8) is 0 Å². The highest BCUT2D eigenvalue weighted by Gasteiger charge is 2.38. The van der Waals surface area contributed by atoms with Gasteiger partial charge in [-0.15, -0.1) is 0 Å². The van der Waals surface area contributed by atoms with Crippen LogP contribution in [0.25, 0.3) is 0 Å². The van der Waals surface area contributed by atoms with E-state index in [0.29, 0.717) is 6.42 Å². The summed E-state index contributed by atoms with van der Waals surface area (Å²) in [6.45, 7) is 2.87. The van der Waals surface area contributed by atoms with Crippen molar-refractivity contribution in [1.82, 2.24) is 20.9 Å². The Balaban J connectivity index is 2.01. The van der Waals surface area contributed by atoms with Gasteiger partial charge in [0.15, 0.2) is 0 Å². The van der Waals surface area contributed by atoms with Gasteiger partial charge in [0.1, 0.15) is 24.2 Å². The second-order valence-corrected chi connectivity index (χ2v) is 9.56. The van der Waals surface area contributed by atoms with Crippen LogP contribution in [0.5, 0.6) is 0 Å². The number of nitrogens with zero attached hydrogens (tertiary/aromatic N) is 2. The molecule has 4 atom stereocenters. The van der Waals surface area contributed by atoms with Crippen molar-refractivity contribution in [2.45, 2.75) is 70.1 Å². The Morgan fingerprint density at radius 1 is 0.929 bits per heavy atom. The third-order valence-corrected chi connectivity index (χ3v) is 6.26. The summed E-state index contributed by atoms with van der Waals surface area (Å²) >= 11 is 0. The molecule has 228 valence electrons. The number of nitrogens with one attached hydrogen (secondary N) is 4. The fourth-order valence-corrected chi connectivity index (χ4v) is 4.10. The molecule has 17 heteroatoms. The molecule has 0 aromatic heterocycles. The number of hydrogen-bond donors (Lipinski definition) is 6. The lowest BCUT2D eigenvalue weighted by atomic mass is 10.1. The van der Waals surface area contributed by atoms with Gasteiger partial charge in [-0.2, -0.15) is 0 Å². The minimum Gasteiger partial charge on any atom is -0.481 e. The molecule has 1 aliphatic heterocycles. The average molecular weight is 593 g/mol. The number of nitro groups is 1. The van der Waals surface area contributed by atoms with Gasteiger partial charge >= 0.3 is 11.9 Å². The van der Waals surface area contributed by atoms with Gasteiger partial charge in [0, 0.05) is 30.8 Å². The van der Waals surface area contributed by atoms with E-state index in [0.717, 1.165) is 12.1 Å². The van der Waals surface area contributed by atoms with Gasteiger partial charge in [0.05, 0.1) is 17.8 Å². The molecule has 4 unspecified atom stereocenters. The summed E-state index contributed by atoms with van der Waals surface area (Å²) in [6, 6.07) is -0.0444. The molecule has 1 aromatic carbocycles. The monoisotopic (exact) mass is 592 g/mol. The van der Waals surface area contributed by atoms with Crippen molar-refractivity contribution in [2.75, 3.05) is 11.9 Å². The quantitative estimate of drug-likeness (QED) is 0.117. The predicted octanol–water partition coefficient (Wildman–Crippen LogP) is -0.642. The summed E-state index contributed by atoms with van der Waals surface area (Å²) < 4.78 is 0. The zero-order chi connectivity index (χ0) is 31.6. The number of carbonyl (C=O) groups excluding carboxylic acids is 5. The lowest BCUT2D eigenvalue weighted by Crippen LogP contribution is -2.56. The molecule has 1 aromatic rings. The summed E-state index contributed by atoms with van der Waals surface area (Å²) in [7, 11) is 0. The fraction of sp³-hybridized carbons (Fsp3) is 0.480. The number of anilines is 1. The lowest BCUT2D eigenvalue weighted by molar-refractivity contribution is -0.384. The highest BCUT2D eigenvalue weighted by molar-refractivity contribution is 6.00. The number of amides is 5. The first-order valence-corrected chi connectivity index (χ1v) is 12.9. The Labute approximate surface area is 239 Å². The van der Waals surface area contributed by atoms with Gasteiger partial charge in [-0.1, -0.05) is 0 Å². The molecule has 0 aliphatic carbocycles. The number of benzene rings is 1. The van der Waals surface area contributed by atoms with E-state index >= 15 is 0 Å². The summed E-state index contributed by atoms with van der Waals surface area (Å²) in [6.07, 6.45) is -0.912. The van der Waals surface area contributed by atoms with E-state index in [1.165, 1.54) is 30.9 Å². The third-order valence-electron chi connectivity index (χ3n) is 6.26. The molecule has 5 amide bonds. The standard InChI is InChI=1S/C25H32N6O11/c1-13(26-19(32)9-10-20(33)34)22(37)27-14(2)25(40)30-11-3-4-18(30)24(39)29-17(12-21(35)36)23(38)28-15-5-7-16(8-6-15)31(41)42/h5-8,13-14,17-18H,3-4,9-12H2,1-2H3,(H,26,32)(H,27,37)(H,28,38)(H,29,39)(H,33,34)(H,35,36). The van der Waals surface area contributed by atoms with Crippen molar-refractivity contribution in [1.29, 1.82) is 0 Å². The molecule has 1 fully saturated rings. The van der Waals surface area contributed by atoms with Crippen molar-refractivity contribution in [3.05, 3.63) is 34.4 Å². The molecule has 0 bridgehead atoms. The van der Waals surface area contributed by atoms with Crippen LogP contribution in [-0.2, 0) is 33.6 Å². The van der Waals surface area contributed by atoms with Crippen molar-refractivity contribution in [2.24, 2.45) is 0 Å². The average Bonchev–Trinajstić information content (AvgIpc) is 3.41. The first-order chi connectivity index (χ1) is 19.7. The maximum Gasteiger partial charge on any atom is 0.305 e. The molecular weight excluding hydrogens is 560 g/mol. The second-order valence-electron chi connectivity index (χ2n) is 9.56. The number of non-ortho nitro benzene ring substituents is 1. The van der Waals surface area contributed by atoms with E-state index < -0.39 is 83.4 Å². The first-order valence-electron chi connectivity index (χ1n) is 12.9. The minimum absolute atomic E-state index is 0.129. The molecule has 2 rings (SSSR count). The maximum atomic E-state index is 13.1. The number of nitro benzene ring substituents is 1. The Bertz CT molecular complexity index is 1240. The SMILES string of the molecule is CC(NC(=O)CCC(=O)O)C(=O)NC(C)C(=O)N1CCCC1C(=O)NC(CC(=O)O)C(=O)Nc1ccc([N+](=O)[O-])cc1. The first kappa shape index (κ1) is 33.1. The fourth-order valence-electron chi connectivity index (χ4n) is 4.10. The molecule has 6 N–H and O–H groups in total. The Morgan fingerprint density at radius 3 is 2.14 bits per heavy atom. The van der Waals surface area contributed by atoms with Gasteiger partial charge in [0.2, 0.25) is 29.5 Å². The molecule has 17 nitrogen and oxygen atoms in total. The van der Waals surface area contributed by atoms with Crippen LogP contribution >= 0.6 is 0 Å². The lowest BCUT2D eigenvalue weighted by Gasteiger charge is -2.29. The number of aliphatic carboxylic acids is 2. The van der Waals surface area contributed by atoms with Gasteiger partial charge < -0.3 is 36.4 Å². The molecule has 0 radical (unpaired) electrons. The van der Waals surface area contributed by atoms with Gasteiger partial charge in [0.25, 0.3) is 5.69 Å². The zero-order valence-corrected chi connectivity index (χ0v) is 22.8. The molecule has 42 heavy (non-hydrogen) atoms. The van der Waals surface area contributed by atoms with Crippen molar-refractivity contribution < 1.29 is 48.7 Å². The van der Waals surface area contributed by atoms with Crippen LogP contribution in [-0.4, -0.2) is 92.2 Å². The molecule has 1 saturated heterocycles. The van der Waals surface area contributed by atoms with Crippen LogP contribution in [0.3, 0.4) is 0 Å². The van der Waals surface area contributed by atoms with Crippen LogP contribution in [0.4, 0.5) is 11.4 Å². The Kier molecular flexibility index (Phi) is 11.9. The smallest absolute Gasteiger partial charge is 0.305 e. The van der Waals surface area contributed by atoms with Gasteiger partial charge in [-0.25, -0.2) is 0 Å². The highest BCUT2D eigenvalue weighted by atomic mass is 16.6. The molecule has 1 heterocycles. The van der Waals surface area contributed by atoms with E-state index in [1.54, 1.807) is 0 Å². The molecular formula is C25H32N6O11. The molecule has 0 saturated carbocycles. The summed E-state index contributed by atoms with van der Waals surface area (Å²) in [5, 5.41) is 38.2. The summed E-state index contributed by atoms with van der Waals surface area (Å²) in [4.78, 5) is 96.5. The van der Waals surface area contributed by atoms with Crippen molar-refractivity contribution >= 4 is 52.8 Å². The molecule has 1 aliphatic rings. The highest BCUT2D eigenvalue weighted by Crippen LogP contribution is 2.20. The third kappa shape index (κ3) is 9.83. The van der Waals surface area contributed by atoms with E-state index in [1.807, 2.05) is 0 Å². The van der Waals surface area contributed by atoms with Crippen LogP contribution < -0.4 is 21.3 Å². The number of rotatable bonds is 14. The summed E-state index contributed by atoms with van der Waals surface area (Å²) in [5.74, 6) is -6.26. The van der Waals surface area contributed by atoms with Crippen LogP contribution in [0.15, 0.2) is 24.3 Å². The number of carbonyl (C=O) groups is 7. The van der Waals surface area contributed by atoms with E-state index in [4.69, 9.17) is 5.11 Å². The number of likely N-dealkylation sites (tertiary alicyclic amines) is 1. The largest absolute Gasteiger partial charge is 0.481 e. The molecule has 0 spiro atoms. The summed E-state index contributed by atoms with van der Waals surface area (Å²) in [5.41, 5.74) is -0.0977. The minimum atomic E-state index is -1.54. The van der Waals surface area contributed by atoms with E-state index in [9.17, 15) is 48.8 Å². The number of hydrogen-bond acceptors (Lipinski definition) is 9. The van der Waals surface area contributed by atoms with Crippen LogP contribution in [0.1, 0.15) is 46.0 Å². The van der Waals surface area contributed by atoms with E-state index in [-0.39, 0.29) is 30.8 Å². The van der Waals surface area contributed by atoms with Crippen molar-refractivity contribution in [3.8, 4) is 0 Å². The van der Waals surface area contributed by atoms with Gasteiger partial charge in [-0.05, 0) is 38.8 Å². The zero-order valence-electron chi connectivity index (χ0n) is 22.8.